The lowest BCUT2D eigenvalue weighted by atomic mass is 9.77. The molecule has 0 unspecified atom stereocenters. The summed E-state index contributed by atoms with van der Waals surface area (Å²) in [6.07, 6.45) is 4.33. The predicted molar refractivity (Wildman–Crippen MR) is 155 cm³/mol. The van der Waals surface area contributed by atoms with Gasteiger partial charge in [-0.15, -0.1) is 0 Å². The van der Waals surface area contributed by atoms with Crippen molar-refractivity contribution in [1.82, 2.24) is 5.48 Å². The van der Waals surface area contributed by atoms with Gasteiger partial charge in [0.05, 0.1) is 6.61 Å². The zero-order valence-corrected chi connectivity index (χ0v) is 24.3. The zero-order chi connectivity index (χ0) is 26.1. The molecular weight excluding hydrogens is 482 g/mol. The first-order chi connectivity index (χ1) is 17.2. The Morgan fingerprint density at radius 1 is 0.694 bits per heavy atom. The van der Waals surface area contributed by atoms with Gasteiger partial charge in [-0.25, -0.2) is 0 Å². The van der Waals surface area contributed by atoms with Gasteiger partial charge in [-0.1, -0.05) is 124 Å². The topological polar surface area (TPSA) is 30.5 Å². The molecule has 194 valence electrons. The first-order valence-electron chi connectivity index (χ1n) is 13.1. The summed E-state index contributed by atoms with van der Waals surface area (Å²) in [4.78, 5) is 6.19. The summed E-state index contributed by atoms with van der Waals surface area (Å²) < 4.78 is 6.31. The van der Waals surface area contributed by atoms with Gasteiger partial charge in [0.2, 0.25) is 0 Å². The van der Waals surface area contributed by atoms with Crippen LogP contribution in [0.2, 0.25) is 23.2 Å². The minimum Gasteiger partial charge on any atom is -0.417 e. The van der Waals surface area contributed by atoms with Crippen LogP contribution >= 0.6 is 11.6 Å². The van der Waals surface area contributed by atoms with Crippen molar-refractivity contribution in [3.05, 3.63) is 107 Å². The monoisotopic (exact) mass is 523 g/mol. The molecular formula is C31H42ClNO2Si. The Bertz CT molecular complexity index is 1010. The average molecular weight is 524 g/mol. The van der Waals surface area contributed by atoms with Crippen LogP contribution < -0.4 is 5.48 Å². The van der Waals surface area contributed by atoms with Gasteiger partial charge in [-0.05, 0) is 48.2 Å². The van der Waals surface area contributed by atoms with Gasteiger partial charge in [-0.2, -0.15) is 5.48 Å². The van der Waals surface area contributed by atoms with E-state index in [2.05, 4.69) is 93.9 Å². The molecule has 3 rings (SSSR count). The second-order valence-electron chi connectivity index (χ2n) is 10.9. The highest BCUT2D eigenvalue weighted by atomic mass is 35.5. The molecule has 0 amide bonds. The van der Waals surface area contributed by atoms with Crippen molar-refractivity contribution < 1.29 is 9.26 Å². The SMILES string of the molecule is CC(C)(C)[Si](C)(C)OCCCCCCONC(c1ccccc1)(c1ccccc1)c1ccccc1Cl. The van der Waals surface area contributed by atoms with Crippen LogP contribution in [0.5, 0.6) is 0 Å². The van der Waals surface area contributed by atoms with Crippen molar-refractivity contribution in [3.8, 4) is 0 Å². The average Bonchev–Trinajstić information content (AvgIpc) is 2.86. The van der Waals surface area contributed by atoms with Crippen molar-refractivity contribution in [2.24, 2.45) is 0 Å². The second kappa shape index (κ2) is 13.0. The molecule has 0 saturated heterocycles. The van der Waals surface area contributed by atoms with Crippen LogP contribution in [-0.4, -0.2) is 21.5 Å². The van der Waals surface area contributed by atoms with Crippen molar-refractivity contribution in [2.45, 2.75) is 70.1 Å². The molecule has 0 aromatic heterocycles. The van der Waals surface area contributed by atoms with E-state index in [0.717, 1.165) is 49.0 Å². The van der Waals surface area contributed by atoms with E-state index < -0.39 is 13.9 Å². The van der Waals surface area contributed by atoms with Gasteiger partial charge in [-0.3, -0.25) is 0 Å². The molecule has 0 aliphatic rings. The fourth-order valence-corrected chi connectivity index (χ4v) is 5.49. The molecule has 0 heterocycles. The Morgan fingerprint density at radius 2 is 1.19 bits per heavy atom. The normalized spacial score (nSPS) is 12.6. The van der Waals surface area contributed by atoms with Crippen LogP contribution in [0, 0.1) is 0 Å². The summed E-state index contributed by atoms with van der Waals surface area (Å²) in [5.74, 6) is 0. The van der Waals surface area contributed by atoms with Gasteiger partial charge in [0.15, 0.2) is 8.32 Å². The molecule has 36 heavy (non-hydrogen) atoms. The molecule has 0 atom stereocenters. The lowest BCUT2D eigenvalue weighted by molar-refractivity contribution is -0.00148. The maximum absolute atomic E-state index is 6.77. The molecule has 3 aromatic carbocycles. The Hall–Kier alpha value is -1.95. The highest BCUT2D eigenvalue weighted by molar-refractivity contribution is 6.74. The predicted octanol–water partition coefficient (Wildman–Crippen LogP) is 8.74. The molecule has 0 aliphatic carbocycles. The zero-order valence-electron chi connectivity index (χ0n) is 22.5. The van der Waals surface area contributed by atoms with Gasteiger partial charge in [0.1, 0.15) is 5.54 Å². The lowest BCUT2D eigenvalue weighted by Crippen LogP contribution is -2.45. The molecule has 5 heteroatoms. The largest absolute Gasteiger partial charge is 0.417 e. The third kappa shape index (κ3) is 7.08. The van der Waals surface area contributed by atoms with Crippen molar-refractivity contribution in [3.63, 3.8) is 0 Å². The summed E-state index contributed by atoms with van der Waals surface area (Å²) in [5, 5.41) is 0.959. The number of nitrogens with one attached hydrogen (secondary N) is 1. The van der Waals surface area contributed by atoms with Gasteiger partial charge in [0.25, 0.3) is 0 Å². The van der Waals surface area contributed by atoms with Crippen LogP contribution in [0.3, 0.4) is 0 Å². The van der Waals surface area contributed by atoms with Gasteiger partial charge in [0, 0.05) is 17.2 Å². The van der Waals surface area contributed by atoms with Crippen molar-refractivity contribution in [2.75, 3.05) is 13.2 Å². The highest BCUT2D eigenvalue weighted by Crippen LogP contribution is 2.40. The van der Waals surface area contributed by atoms with E-state index in [1.54, 1.807) is 0 Å². The summed E-state index contributed by atoms with van der Waals surface area (Å²) in [6.45, 7) is 13.0. The van der Waals surface area contributed by atoms with E-state index in [1.807, 2.05) is 30.3 Å². The summed E-state index contributed by atoms with van der Waals surface area (Å²) in [7, 11) is -1.65. The molecule has 3 aromatic rings. The number of hydrogen-bond acceptors (Lipinski definition) is 3. The quantitative estimate of drug-likeness (QED) is 0.105. The molecule has 3 nitrogen and oxygen atoms in total. The third-order valence-electron chi connectivity index (χ3n) is 7.33. The van der Waals surface area contributed by atoms with Crippen LogP contribution in [0.15, 0.2) is 84.9 Å². The van der Waals surface area contributed by atoms with Crippen molar-refractivity contribution in [1.29, 1.82) is 0 Å². The van der Waals surface area contributed by atoms with E-state index in [1.165, 1.54) is 0 Å². The smallest absolute Gasteiger partial charge is 0.191 e. The van der Waals surface area contributed by atoms with E-state index in [0.29, 0.717) is 11.6 Å². The number of benzene rings is 3. The molecule has 0 spiro atoms. The van der Waals surface area contributed by atoms with Crippen LogP contribution in [0.4, 0.5) is 0 Å². The molecule has 0 aliphatic heterocycles. The summed E-state index contributed by atoms with van der Waals surface area (Å²) in [6, 6.07) is 28.7. The van der Waals surface area contributed by atoms with Gasteiger partial charge < -0.3 is 9.26 Å². The maximum Gasteiger partial charge on any atom is 0.191 e. The molecule has 0 fully saturated rings. The number of rotatable bonds is 13. The Morgan fingerprint density at radius 3 is 1.72 bits per heavy atom. The summed E-state index contributed by atoms with van der Waals surface area (Å²) in [5.41, 5.74) is 5.85. The van der Waals surface area contributed by atoms with Crippen LogP contribution in [-0.2, 0) is 14.8 Å². The Balaban J connectivity index is 1.65. The van der Waals surface area contributed by atoms with Gasteiger partial charge >= 0.3 is 0 Å². The minimum atomic E-state index is -1.65. The molecule has 1 N–H and O–H groups in total. The third-order valence-corrected chi connectivity index (χ3v) is 12.2. The first kappa shape index (κ1) is 28.6. The fraction of sp³-hybridized carbons (Fsp3) is 0.419. The highest BCUT2D eigenvalue weighted by Gasteiger charge is 2.38. The molecule has 0 radical (unpaired) electrons. The van der Waals surface area contributed by atoms with E-state index >= 15 is 0 Å². The minimum absolute atomic E-state index is 0.262. The number of halogens is 1. The van der Waals surface area contributed by atoms with Crippen molar-refractivity contribution >= 4 is 19.9 Å². The fourth-order valence-electron chi connectivity index (χ4n) is 4.13. The van der Waals surface area contributed by atoms with E-state index in [9.17, 15) is 0 Å². The standard InChI is InChI=1S/C31H42ClNO2Si/c1-30(2,3)36(4,5)35-25-17-7-6-16-24-34-33-31(26-18-10-8-11-19-26,27-20-12-9-13-21-27)28-22-14-15-23-29(28)32/h8-15,18-23,33H,6-7,16-17,24-25H2,1-5H3. The van der Waals surface area contributed by atoms with E-state index in [4.69, 9.17) is 20.9 Å². The molecule has 0 saturated carbocycles. The second-order valence-corrected chi connectivity index (χ2v) is 16.2. The maximum atomic E-state index is 6.77. The Kier molecular flexibility index (Phi) is 10.4. The van der Waals surface area contributed by atoms with Crippen LogP contribution in [0.1, 0.15) is 63.1 Å². The number of hydrogen-bond donors (Lipinski definition) is 1. The number of hydroxylamine groups is 1. The molecule has 0 bridgehead atoms. The summed E-state index contributed by atoms with van der Waals surface area (Å²) >= 11 is 6.77. The first-order valence-corrected chi connectivity index (χ1v) is 16.4. The Labute approximate surface area is 224 Å². The van der Waals surface area contributed by atoms with Crippen LogP contribution in [0.25, 0.3) is 0 Å². The number of unbranched alkanes of at least 4 members (excludes halogenated alkanes) is 3. The van der Waals surface area contributed by atoms with E-state index in [-0.39, 0.29) is 5.04 Å². The lowest BCUT2D eigenvalue weighted by Gasteiger charge is -2.36.